The van der Waals surface area contributed by atoms with Crippen LogP contribution in [0.25, 0.3) is 21.3 Å². The Labute approximate surface area is 204 Å². The van der Waals surface area contributed by atoms with Gasteiger partial charge in [-0.3, -0.25) is 14.6 Å². The summed E-state index contributed by atoms with van der Waals surface area (Å²) in [5.41, 5.74) is 14.3. The third kappa shape index (κ3) is 3.81. The quantitative estimate of drug-likeness (QED) is 0.441. The summed E-state index contributed by atoms with van der Waals surface area (Å²) in [6.45, 7) is 0. The molecule has 0 spiro atoms. The molecule has 2 aliphatic rings. The second-order valence-electron chi connectivity index (χ2n) is 9.15. The molecule has 9 heteroatoms. The van der Waals surface area contributed by atoms with Crippen molar-refractivity contribution in [2.24, 2.45) is 11.7 Å². The molecule has 2 aromatic carbocycles. The van der Waals surface area contributed by atoms with Gasteiger partial charge in [-0.2, -0.15) is 0 Å². The van der Waals surface area contributed by atoms with Gasteiger partial charge in [-0.25, -0.2) is 9.37 Å². The molecule has 4 N–H and O–H groups in total. The number of amides is 2. The van der Waals surface area contributed by atoms with E-state index in [-0.39, 0.29) is 34.6 Å². The van der Waals surface area contributed by atoms with Gasteiger partial charge >= 0.3 is 0 Å². The van der Waals surface area contributed by atoms with E-state index in [1.807, 2.05) is 23.1 Å². The van der Waals surface area contributed by atoms with Crippen molar-refractivity contribution in [1.29, 1.82) is 0 Å². The number of nitrogens with two attached hydrogens (primary N) is 2. The molecule has 7 nitrogen and oxygen atoms in total. The first-order valence-corrected chi connectivity index (χ1v) is 12.2. The van der Waals surface area contributed by atoms with E-state index in [0.29, 0.717) is 39.2 Å². The van der Waals surface area contributed by atoms with Crippen molar-refractivity contribution < 1.29 is 14.0 Å². The predicted octanol–water partition coefficient (Wildman–Crippen LogP) is 4.02. The average Bonchev–Trinajstić information content (AvgIpc) is 3.32. The number of fused-ring (bicyclic) bond motifs is 2. The highest BCUT2D eigenvalue weighted by Gasteiger charge is 2.54. The minimum Gasteiger partial charge on any atom is -0.375 e. The van der Waals surface area contributed by atoms with Crippen molar-refractivity contribution in [2.75, 3.05) is 5.73 Å². The van der Waals surface area contributed by atoms with E-state index in [4.69, 9.17) is 16.5 Å². The fourth-order valence-electron chi connectivity index (χ4n) is 5.25. The maximum atomic E-state index is 13.9. The number of benzene rings is 2. The van der Waals surface area contributed by atoms with E-state index in [1.165, 1.54) is 23.5 Å². The fraction of sp³-hybridized carbons (Fsp3) is 0.231. The highest BCUT2D eigenvalue weighted by atomic mass is 32.1. The van der Waals surface area contributed by atoms with E-state index in [2.05, 4.69) is 4.98 Å². The normalized spacial score (nSPS) is 20.7. The maximum Gasteiger partial charge on any atom is 0.274 e. The molecule has 3 heterocycles. The number of anilines is 1. The summed E-state index contributed by atoms with van der Waals surface area (Å²) in [5.74, 6) is -0.575. The number of halogens is 1. The third-order valence-electron chi connectivity index (χ3n) is 6.88. The molecule has 1 aliphatic carbocycles. The van der Waals surface area contributed by atoms with Crippen LogP contribution >= 0.6 is 11.3 Å². The maximum absolute atomic E-state index is 13.9. The topological polar surface area (TPSA) is 115 Å². The van der Waals surface area contributed by atoms with Gasteiger partial charge in [-0.15, -0.1) is 0 Å². The molecule has 1 aliphatic heterocycles. The number of piperidine rings is 1. The molecule has 6 rings (SSSR count). The zero-order valence-corrected chi connectivity index (χ0v) is 19.5. The monoisotopic (exact) mass is 487 g/mol. The zero-order chi connectivity index (χ0) is 24.3. The van der Waals surface area contributed by atoms with Crippen LogP contribution in [0.15, 0.2) is 54.6 Å². The number of likely N-dealkylation sites (tertiary alicyclic amines) is 1. The Morgan fingerprint density at radius 2 is 1.91 bits per heavy atom. The molecule has 3 atom stereocenters. The number of nitrogen functional groups attached to an aromatic ring is 1. The summed E-state index contributed by atoms with van der Waals surface area (Å²) in [7, 11) is 0. The second-order valence-corrected chi connectivity index (χ2v) is 10.2. The molecule has 35 heavy (non-hydrogen) atoms. The standard InChI is InChI=1S/C26H22FN5O2S/c27-15-4-1-3-13(9-15)23-22(31-26(29)35-23)25(34)32-17(10-14-11-21(14)32)12-16-7-8-18-19(24(28)33)5-2-6-20(18)30-16/h1-9,14,17,21H,10-12H2,(H2,28,33)(H2,29,31)/t14-,17+,21+/m1/s1. The number of pyridine rings is 1. The van der Waals surface area contributed by atoms with Gasteiger partial charge < -0.3 is 16.4 Å². The van der Waals surface area contributed by atoms with Gasteiger partial charge in [0.25, 0.3) is 5.91 Å². The Kier molecular flexibility index (Phi) is 5.03. The molecule has 0 bridgehead atoms. The first-order chi connectivity index (χ1) is 16.9. The van der Waals surface area contributed by atoms with Crippen LogP contribution in [0, 0.1) is 11.7 Å². The van der Waals surface area contributed by atoms with Crippen LogP contribution in [0.3, 0.4) is 0 Å². The molecule has 2 aromatic heterocycles. The molecule has 176 valence electrons. The molecule has 2 fully saturated rings. The highest BCUT2D eigenvalue weighted by Crippen LogP contribution is 2.49. The third-order valence-corrected chi connectivity index (χ3v) is 7.81. The van der Waals surface area contributed by atoms with Crippen LogP contribution in [-0.2, 0) is 6.42 Å². The molecule has 2 amide bonds. The summed E-state index contributed by atoms with van der Waals surface area (Å²) in [5, 5.41) is 0.987. The Balaban J connectivity index is 1.31. The predicted molar refractivity (Wildman–Crippen MR) is 132 cm³/mol. The van der Waals surface area contributed by atoms with Gasteiger partial charge in [0.2, 0.25) is 5.91 Å². The minimum absolute atomic E-state index is 0.0289. The number of thiazole rings is 1. The van der Waals surface area contributed by atoms with Crippen molar-refractivity contribution in [3.05, 3.63) is 77.4 Å². The number of hydrogen-bond acceptors (Lipinski definition) is 6. The molecule has 1 saturated carbocycles. The number of primary amides is 1. The lowest BCUT2D eigenvalue weighted by Gasteiger charge is -2.27. The first-order valence-electron chi connectivity index (χ1n) is 11.4. The van der Waals surface area contributed by atoms with E-state index in [9.17, 15) is 14.0 Å². The highest BCUT2D eigenvalue weighted by molar-refractivity contribution is 7.19. The van der Waals surface area contributed by atoms with Gasteiger partial charge in [0, 0.05) is 35.1 Å². The van der Waals surface area contributed by atoms with Crippen molar-refractivity contribution in [2.45, 2.75) is 31.3 Å². The van der Waals surface area contributed by atoms with Crippen LogP contribution < -0.4 is 11.5 Å². The van der Waals surface area contributed by atoms with Gasteiger partial charge in [0.15, 0.2) is 5.13 Å². The Bertz CT molecular complexity index is 1500. The summed E-state index contributed by atoms with van der Waals surface area (Å²) < 4.78 is 13.9. The number of carbonyl (C=O) groups excluding carboxylic acids is 2. The smallest absolute Gasteiger partial charge is 0.274 e. The van der Waals surface area contributed by atoms with Gasteiger partial charge in [0.1, 0.15) is 11.5 Å². The number of rotatable bonds is 5. The molecule has 0 unspecified atom stereocenters. The zero-order valence-electron chi connectivity index (χ0n) is 18.6. The molecule has 0 radical (unpaired) electrons. The van der Waals surface area contributed by atoms with Crippen molar-refractivity contribution >= 4 is 39.2 Å². The van der Waals surface area contributed by atoms with Crippen molar-refractivity contribution in [3.63, 3.8) is 0 Å². The Hall–Kier alpha value is -3.85. The molecule has 4 aromatic rings. The lowest BCUT2D eigenvalue weighted by Crippen LogP contribution is -2.40. The Morgan fingerprint density at radius 3 is 2.71 bits per heavy atom. The van der Waals surface area contributed by atoms with Crippen molar-refractivity contribution in [1.82, 2.24) is 14.9 Å². The average molecular weight is 488 g/mol. The molecular formula is C26H22FN5O2S. The number of hydrogen-bond donors (Lipinski definition) is 2. The number of carbonyl (C=O) groups is 2. The van der Waals surface area contributed by atoms with Gasteiger partial charge in [-0.1, -0.05) is 35.6 Å². The lowest BCUT2D eigenvalue weighted by atomic mass is 10.0. The number of aromatic nitrogens is 2. The van der Waals surface area contributed by atoms with E-state index >= 15 is 0 Å². The van der Waals surface area contributed by atoms with E-state index < -0.39 is 5.91 Å². The van der Waals surface area contributed by atoms with Crippen LogP contribution in [-0.4, -0.2) is 38.8 Å². The van der Waals surface area contributed by atoms with Crippen molar-refractivity contribution in [3.8, 4) is 10.4 Å². The van der Waals surface area contributed by atoms with Crippen LogP contribution in [0.2, 0.25) is 0 Å². The van der Waals surface area contributed by atoms with Crippen LogP contribution in [0.5, 0.6) is 0 Å². The minimum atomic E-state index is -0.491. The summed E-state index contributed by atoms with van der Waals surface area (Å²) in [6.07, 6.45) is 2.46. The lowest BCUT2D eigenvalue weighted by molar-refractivity contribution is 0.0695. The fourth-order valence-corrected chi connectivity index (χ4v) is 6.07. The molecule has 1 saturated heterocycles. The molecular weight excluding hydrogens is 465 g/mol. The van der Waals surface area contributed by atoms with E-state index in [0.717, 1.165) is 18.5 Å². The van der Waals surface area contributed by atoms with Crippen LogP contribution in [0.1, 0.15) is 39.4 Å². The van der Waals surface area contributed by atoms with Gasteiger partial charge in [-0.05, 0) is 54.7 Å². The van der Waals surface area contributed by atoms with Gasteiger partial charge in [0.05, 0.1) is 10.4 Å². The largest absolute Gasteiger partial charge is 0.375 e. The summed E-state index contributed by atoms with van der Waals surface area (Å²) in [4.78, 5) is 37.1. The summed E-state index contributed by atoms with van der Waals surface area (Å²) >= 11 is 1.19. The second kappa shape index (κ2) is 8.13. The van der Waals surface area contributed by atoms with Crippen LogP contribution in [0.4, 0.5) is 9.52 Å². The Morgan fingerprint density at radius 1 is 1.09 bits per heavy atom. The summed E-state index contributed by atoms with van der Waals surface area (Å²) in [6, 6.07) is 15.3. The first kappa shape index (κ1) is 21.7. The number of nitrogens with zero attached hydrogens (tertiary/aromatic N) is 3. The SMILES string of the molecule is NC(=O)c1cccc2nc(C[C@@H]3C[C@@H]4C[C@@H]4N3C(=O)c3nc(N)sc3-c3cccc(F)c3)ccc12. The van der Waals surface area contributed by atoms with E-state index in [1.54, 1.807) is 24.3 Å².